The highest BCUT2D eigenvalue weighted by atomic mass is 16.5. The molecule has 6 nitrogen and oxygen atoms in total. The van der Waals surface area contributed by atoms with E-state index >= 15 is 0 Å². The molecule has 1 fully saturated rings. The zero-order valence-electron chi connectivity index (χ0n) is 17.5. The standard InChI is InChI=1S/C23H30N2O4/c1-4-5-16(2)20-14-17(3)21(23(27)29-20)22(26)24-19-8-6-18(7-9-19)15-25-10-12-28-13-11-25/h6-9,14,16H,4-5,10-13,15H2,1-3H3,(H,24,26). The number of aryl methyl sites for hydroxylation is 1. The number of amides is 1. The van der Waals surface area contributed by atoms with Gasteiger partial charge in [0.1, 0.15) is 11.3 Å². The van der Waals surface area contributed by atoms with Gasteiger partial charge in [0.15, 0.2) is 0 Å². The summed E-state index contributed by atoms with van der Waals surface area (Å²) in [6.45, 7) is 10.2. The first kappa shape index (κ1) is 21.3. The first-order chi connectivity index (χ1) is 14.0. The van der Waals surface area contributed by atoms with Gasteiger partial charge in [-0.15, -0.1) is 0 Å². The van der Waals surface area contributed by atoms with Crippen molar-refractivity contribution in [3.63, 3.8) is 0 Å². The van der Waals surface area contributed by atoms with E-state index in [1.54, 1.807) is 6.92 Å². The molecule has 1 atom stereocenters. The molecule has 1 amide bonds. The summed E-state index contributed by atoms with van der Waals surface area (Å²) in [5, 5.41) is 2.81. The molecule has 1 aromatic heterocycles. The number of benzene rings is 1. The van der Waals surface area contributed by atoms with Crippen LogP contribution < -0.4 is 10.9 Å². The number of nitrogens with one attached hydrogen (secondary N) is 1. The van der Waals surface area contributed by atoms with E-state index in [0.717, 1.165) is 45.7 Å². The molecular weight excluding hydrogens is 368 g/mol. The second kappa shape index (κ2) is 9.85. The fourth-order valence-corrected chi connectivity index (χ4v) is 3.63. The Morgan fingerprint density at radius 1 is 1.21 bits per heavy atom. The summed E-state index contributed by atoms with van der Waals surface area (Å²) in [4.78, 5) is 27.4. The third-order valence-corrected chi connectivity index (χ3v) is 5.32. The predicted molar refractivity (Wildman–Crippen MR) is 114 cm³/mol. The molecule has 1 saturated heterocycles. The minimum absolute atomic E-state index is 0.0647. The van der Waals surface area contributed by atoms with Crippen LogP contribution in [-0.2, 0) is 11.3 Å². The van der Waals surface area contributed by atoms with Crippen LogP contribution >= 0.6 is 0 Å². The van der Waals surface area contributed by atoms with Crippen LogP contribution in [-0.4, -0.2) is 37.1 Å². The summed E-state index contributed by atoms with van der Waals surface area (Å²) < 4.78 is 10.8. The lowest BCUT2D eigenvalue weighted by atomic mass is 10.0. The van der Waals surface area contributed by atoms with Crippen LogP contribution in [0, 0.1) is 6.92 Å². The van der Waals surface area contributed by atoms with Gasteiger partial charge in [-0.1, -0.05) is 32.4 Å². The van der Waals surface area contributed by atoms with Crippen molar-refractivity contribution in [2.45, 2.75) is 46.1 Å². The maximum atomic E-state index is 12.7. The molecule has 2 heterocycles. The molecule has 0 saturated carbocycles. The number of rotatable bonds is 7. The highest BCUT2D eigenvalue weighted by Gasteiger charge is 2.19. The molecular formula is C23H30N2O4. The Balaban J connectivity index is 1.67. The van der Waals surface area contributed by atoms with Crippen LogP contribution in [0.3, 0.4) is 0 Å². The van der Waals surface area contributed by atoms with Gasteiger partial charge in [0.25, 0.3) is 5.91 Å². The molecule has 3 rings (SSSR count). The fourth-order valence-electron chi connectivity index (χ4n) is 3.63. The van der Waals surface area contributed by atoms with E-state index in [1.165, 1.54) is 5.56 Å². The molecule has 1 aliphatic heterocycles. The number of nitrogens with zero attached hydrogens (tertiary/aromatic N) is 1. The molecule has 1 aliphatic rings. The van der Waals surface area contributed by atoms with Crippen molar-refractivity contribution >= 4 is 11.6 Å². The Bertz CT molecular complexity index is 883. The van der Waals surface area contributed by atoms with Crippen LogP contribution in [0.2, 0.25) is 0 Å². The lowest BCUT2D eigenvalue weighted by Crippen LogP contribution is -2.35. The van der Waals surface area contributed by atoms with E-state index in [4.69, 9.17) is 9.15 Å². The van der Waals surface area contributed by atoms with Gasteiger partial charge in [-0.05, 0) is 42.7 Å². The number of morpholine rings is 1. The Kier molecular flexibility index (Phi) is 7.23. The average Bonchev–Trinajstić information content (AvgIpc) is 2.70. The van der Waals surface area contributed by atoms with Crippen molar-refractivity contribution in [3.05, 3.63) is 63.2 Å². The molecule has 1 unspecified atom stereocenters. The Morgan fingerprint density at radius 3 is 2.52 bits per heavy atom. The van der Waals surface area contributed by atoms with Crippen molar-refractivity contribution in [2.75, 3.05) is 31.6 Å². The predicted octanol–water partition coefficient (Wildman–Crippen LogP) is 3.94. The van der Waals surface area contributed by atoms with Gasteiger partial charge in [0, 0.05) is 31.2 Å². The number of hydrogen-bond acceptors (Lipinski definition) is 5. The third-order valence-electron chi connectivity index (χ3n) is 5.32. The van der Waals surface area contributed by atoms with Gasteiger partial charge in [-0.2, -0.15) is 0 Å². The molecule has 2 aromatic rings. The summed E-state index contributed by atoms with van der Waals surface area (Å²) in [5.41, 5.74) is 1.96. The Morgan fingerprint density at radius 2 is 1.90 bits per heavy atom. The summed E-state index contributed by atoms with van der Waals surface area (Å²) in [6, 6.07) is 9.53. The summed E-state index contributed by atoms with van der Waals surface area (Å²) in [6.07, 6.45) is 1.94. The van der Waals surface area contributed by atoms with E-state index in [1.807, 2.05) is 37.3 Å². The van der Waals surface area contributed by atoms with E-state index in [2.05, 4.69) is 17.1 Å². The molecule has 29 heavy (non-hydrogen) atoms. The lowest BCUT2D eigenvalue weighted by Gasteiger charge is -2.26. The van der Waals surface area contributed by atoms with Crippen molar-refractivity contribution in [2.24, 2.45) is 0 Å². The van der Waals surface area contributed by atoms with Crippen LogP contribution in [0.15, 0.2) is 39.5 Å². The molecule has 1 N–H and O–H groups in total. The number of carbonyl (C=O) groups is 1. The normalized spacial score (nSPS) is 15.8. The second-order valence-corrected chi connectivity index (χ2v) is 7.72. The van der Waals surface area contributed by atoms with E-state index in [9.17, 15) is 9.59 Å². The number of anilines is 1. The minimum Gasteiger partial charge on any atom is -0.427 e. The van der Waals surface area contributed by atoms with Gasteiger partial charge >= 0.3 is 5.63 Å². The first-order valence-corrected chi connectivity index (χ1v) is 10.3. The molecule has 6 heteroatoms. The molecule has 1 aromatic carbocycles. The van der Waals surface area contributed by atoms with Crippen LogP contribution in [0.1, 0.15) is 59.9 Å². The van der Waals surface area contributed by atoms with Gasteiger partial charge in [0.05, 0.1) is 13.2 Å². The maximum absolute atomic E-state index is 12.7. The molecule has 0 bridgehead atoms. The topological polar surface area (TPSA) is 71.8 Å². The van der Waals surface area contributed by atoms with Gasteiger partial charge in [0.2, 0.25) is 0 Å². The third kappa shape index (κ3) is 5.55. The average molecular weight is 399 g/mol. The monoisotopic (exact) mass is 398 g/mol. The van der Waals surface area contributed by atoms with Crippen LogP contribution in [0.4, 0.5) is 5.69 Å². The number of hydrogen-bond donors (Lipinski definition) is 1. The summed E-state index contributed by atoms with van der Waals surface area (Å²) in [7, 11) is 0. The molecule has 0 aliphatic carbocycles. The van der Waals surface area contributed by atoms with E-state index in [-0.39, 0.29) is 11.5 Å². The van der Waals surface area contributed by atoms with Crippen molar-refractivity contribution in [1.29, 1.82) is 0 Å². The van der Waals surface area contributed by atoms with Crippen molar-refractivity contribution < 1.29 is 13.9 Å². The maximum Gasteiger partial charge on any atom is 0.349 e. The zero-order valence-corrected chi connectivity index (χ0v) is 17.5. The molecule has 156 valence electrons. The highest BCUT2D eigenvalue weighted by Crippen LogP contribution is 2.21. The fraction of sp³-hybridized carbons (Fsp3) is 0.478. The second-order valence-electron chi connectivity index (χ2n) is 7.72. The lowest BCUT2D eigenvalue weighted by molar-refractivity contribution is 0.0342. The number of carbonyl (C=O) groups excluding carboxylic acids is 1. The van der Waals surface area contributed by atoms with Gasteiger partial charge in [-0.25, -0.2) is 4.79 Å². The first-order valence-electron chi connectivity index (χ1n) is 10.3. The van der Waals surface area contributed by atoms with Crippen molar-refractivity contribution in [3.8, 4) is 0 Å². The summed E-state index contributed by atoms with van der Waals surface area (Å²) in [5.74, 6) is 0.354. The van der Waals surface area contributed by atoms with E-state index in [0.29, 0.717) is 17.0 Å². The summed E-state index contributed by atoms with van der Waals surface area (Å²) >= 11 is 0. The zero-order chi connectivity index (χ0) is 20.8. The Hall–Kier alpha value is -2.44. The largest absolute Gasteiger partial charge is 0.427 e. The SMILES string of the molecule is CCCC(C)c1cc(C)c(C(=O)Nc2ccc(CN3CCOCC3)cc2)c(=O)o1. The van der Waals surface area contributed by atoms with Gasteiger partial charge in [-0.3, -0.25) is 9.69 Å². The van der Waals surface area contributed by atoms with Gasteiger partial charge < -0.3 is 14.5 Å². The molecule has 0 radical (unpaired) electrons. The molecule has 0 spiro atoms. The van der Waals surface area contributed by atoms with Crippen LogP contribution in [0.25, 0.3) is 0 Å². The minimum atomic E-state index is -0.579. The smallest absolute Gasteiger partial charge is 0.349 e. The van der Waals surface area contributed by atoms with Crippen molar-refractivity contribution in [1.82, 2.24) is 4.90 Å². The van der Waals surface area contributed by atoms with Crippen LogP contribution in [0.5, 0.6) is 0 Å². The Labute approximate surface area is 171 Å². The quantitative estimate of drug-likeness (QED) is 0.765. The highest BCUT2D eigenvalue weighted by molar-refractivity contribution is 6.04. The van der Waals surface area contributed by atoms with E-state index < -0.39 is 11.5 Å². The number of ether oxygens (including phenoxy) is 1.